The largest absolute Gasteiger partial charge is 0.481 e. The van der Waals surface area contributed by atoms with Crippen molar-refractivity contribution < 1.29 is 19.8 Å². The van der Waals surface area contributed by atoms with Crippen LogP contribution >= 0.6 is 9.24 Å². The average molecular weight is 232 g/mol. The number of carbonyl (C=O) groups is 2. The second-order valence-electron chi connectivity index (χ2n) is 3.27. The molecule has 4 nitrogen and oxygen atoms in total. The molecule has 0 saturated carbocycles. The summed E-state index contributed by atoms with van der Waals surface area (Å²) in [6.07, 6.45) is 1.95. The van der Waals surface area contributed by atoms with Crippen molar-refractivity contribution in [1.82, 2.24) is 0 Å². The molecule has 0 aliphatic heterocycles. The second-order valence-corrected chi connectivity index (χ2v) is 3.97. The van der Waals surface area contributed by atoms with Crippen LogP contribution in [0.3, 0.4) is 0 Å². The van der Waals surface area contributed by atoms with Crippen molar-refractivity contribution in [3.63, 3.8) is 0 Å². The van der Waals surface area contributed by atoms with E-state index in [4.69, 9.17) is 10.2 Å². The molecule has 1 unspecified atom stereocenters. The van der Waals surface area contributed by atoms with Crippen molar-refractivity contribution in [1.29, 1.82) is 0 Å². The van der Waals surface area contributed by atoms with Gasteiger partial charge in [-0.3, -0.25) is 9.59 Å². The molecule has 86 valence electrons. The molecule has 0 aliphatic carbocycles. The Morgan fingerprint density at radius 2 is 1.47 bits per heavy atom. The predicted octanol–water partition coefficient (Wildman–Crippen LogP) is 2.26. The summed E-state index contributed by atoms with van der Waals surface area (Å²) in [7, 11) is 2.51. The van der Waals surface area contributed by atoms with Crippen LogP contribution in [0.1, 0.15) is 39.0 Å². The van der Waals surface area contributed by atoms with Gasteiger partial charge in [0.2, 0.25) is 0 Å². The number of hydrogen-bond acceptors (Lipinski definition) is 2. The fourth-order valence-corrected chi connectivity index (χ4v) is 1.73. The molecular weight excluding hydrogens is 215 g/mol. The molecule has 1 atom stereocenters. The minimum Gasteiger partial charge on any atom is -0.481 e. The summed E-state index contributed by atoms with van der Waals surface area (Å²) >= 11 is 0. The summed E-state index contributed by atoms with van der Waals surface area (Å²) in [5.74, 6) is -1.65. The molecule has 0 spiro atoms. The van der Waals surface area contributed by atoms with E-state index in [9.17, 15) is 9.59 Å². The van der Waals surface area contributed by atoms with Gasteiger partial charge in [-0.15, -0.1) is 9.24 Å². The highest BCUT2D eigenvalue weighted by molar-refractivity contribution is 7.22. The summed E-state index contributed by atoms with van der Waals surface area (Å²) in [6, 6.07) is 0. The molecular formula is C10H17O4P. The monoisotopic (exact) mass is 232 g/mol. The van der Waals surface area contributed by atoms with E-state index in [-0.39, 0.29) is 12.8 Å². The Labute approximate surface area is 91.6 Å². The Balaban J connectivity index is 4.25. The highest BCUT2D eigenvalue weighted by Gasteiger charge is 2.06. The van der Waals surface area contributed by atoms with E-state index in [1.807, 2.05) is 6.92 Å². The van der Waals surface area contributed by atoms with Crippen LogP contribution < -0.4 is 0 Å². The summed E-state index contributed by atoms with van der Waals surface area (Å²) in [5, 5.41) is 18.0. The smallest absolute Gasteiger partial charge is 0.303 e. The van der Waals surface area contributed by atoms with Gasteiger partial charge in [-0.05, 0) is 19.3 Å². The summed E-state index contributed by atoms with van der Waals surface area (Å²) in [5.41, 5.74) is 1.03. The maximum Gasteiger partial charge on any atom is 0.303 e. The van der Waals surface area contributed by atoms with Gasteiger partial charge >= 0.3 is 11.9 Å². The van der Waals surface area contributed by atoms with Crippen molar-refractivity contribution in [2.24, 2.45) is 0 Å². The topological polar surface area (TPSA) is 74.6 Å². The highest BCUT2D eigenvalue weighted by atomic mass is 31.0. The molecule has 0 bridgehead atoms. The predicted molar refractivity (Wildman–Crippen MR) is 60.8 cm³/mol. The fraction of sp³-hybridized carbons (Fsp3) is 0.600. The normalized spacial score (nSPS) is 12.1. The first-order valence-corrected chi connectivity index (χ1v) is 5.45. The lowest BCUT2D eigenvalue weighted by Gasteiger charge is -2.08. The zero-order valence-corrected chi connectivity index (χ0v) is 9.98. The van der Waals surface area contributed by atoms with E-state index in [0.717, 1.165) is 17.3 Å². The molecule has 0 radical (unpaired) electrons. The van der Waals surface area contributed by atoms with Gasteiger partial charge in [0.05, 0.1) is 0 Å². The van der Waals surface area contributed by atoms with E-state index in [2.05, 4.69) is 9.24 Å². The van der Waals surface area contributed by atoms with Crippen molar-refractivity contribution >= 4 is 21.2 Å². The standard InChI is InChI=1S/C10H17O4P/c1-2-7(3-5-9(11)12)8(15)4-6-10(13)14/h2-6,15H2,1H3,(H,11,12)(H,13,14). The first kappa shape index (κ1) is 14.1. The lowest BCUT2D eigenvalue weighted by Crippen LogP contribution is -1.98. The third-order valence-electron chi connectivity index (χ3n) is 2.13. The Morgan fingerprint density at radius 1 is 1.00 bits per heavy atom. The van der Waals surface area contributed by atoms with Crippen molar-refractivity contribution in [3.05, 3.63) is 10.9 Å². The van der Waals surface area contributed by atoms with E-state index in [0.29, 0.717) is 12.8 Å². The molecule has 0 aromatic heterocycles. The molecule has 0 aromatic rings. The Bertz CT molecular complexity index is 271. The third kappa shape index (κ3) is 7.09. The number of carboxylic acid groups (broad SMARTS) is 2. The minimum absolute atomic E-state index is 0.0927. The number of aliphatic carboxylic acids is 2. The minimum atomic E-state index is -0.830. The first-order valence-electron chi connectivity index (χ1n) is 4.87. The van der Waals surface area contributed by atoms with Crippen molar-refractivity contribution in [3.8, 4) is 0 Å². The van der Waals surface area contributed by atoms with Gasteiger partial charge in [-0.2, -0.15) is 0 Å². The molecule has 15 heavy (non-hydrogen) atoms. The van der Waals surface area contributed by atoms with Crippen LogP contribution in [0.2, 0.25) is 0 Å². The zero-order chi connectivity index (χ0) is 11.8. The van der Waals surface area contributed by atoms with Gasteiger partial charge in [0, 0.05) is 12.8 Å². The van der Waals surface area contributed by atoms with Crippen LogP contribution in [0.5, 0.6) is 0 Å². The molecule has 2 N–H and O–H groups in total. The molecule has 0 aliphatic rings. The van der Waals surface area contributed by atoms with Crippen molar-refractivity contribution in [2.45, 2.75) is 39.0 Å². The van der Waals surface area contributed by atoms with Crippen LogP contribution in [-0.2, 0) is 9.59 Å². The molecule has 0 rings (SSSR count). The van der Waals surface area contributed by atoms with Crippen LogP contribution in [0, 0.1) is 0 Å². The Morgan fingerprint density at radius 3 is 1.87 bits per heavy atom. The van der Waals surface area contributed by atoms with Gasteiger partial charge in [-0.25, -0.2) is 0 Å². The second kappa shape index (κ2) is 7.41. The molecule has 0 saturated heterocycles. The third-order valence-corrected chi connectivity index (χ3v) is 2.83. The molecule has 0 heterocycles. The highest BCUT2D eigenvalue weighted by Crippen LogP contribution is 2.24. The van der Waals surface area contributed by atoms with Crippen LogP contribution in [0.25, 0.3) is 0 Å². The van der Waals surface area contributed by atoms with Gasteiger partial charge in [-0.1, -0.05) is 17.8 Å². The first-order chi connectivity index (χ1) is 6.97. The summed E-state index contributed by atoms with van der Waals surface area (Å²) < 4.78 is 0. The SMILES string of the molecule is CCC(CCC(=O)O)=C(P)CCC(=O)O. The lowest BCUT2D eigenvalue weighted by molar-refractivity contribution is -0.138. The molecule has 0 aromatic carbocycles. The van der Waals surface area contributed by atoms with Crippen LogP contribution in [0.15, 0.2) is 10.9 Å². The van der Waals surface area contributed by atoms with Crippen molar-refractivity contribution in [2.75, 3.05) is 0 Å². The van der Waals surface area contributed by atoms with Crippen LogP contribution in [-0.4, -0.2) is 22.2 Å². The maximum absolute atomic E-state index is 10.4. The fourth-order valence-electron chi connectivity index (χ4n) is 1.24. The molecule has 0 amide bonds. The molecule has 0 fully saturated rings. The molecule has 5 heteroatoms. The van der Waals surface area contributed by atoms with Gasteiger partial charge in [0.15, 0.2) is 0 Å². The van der Waals surface area contributed by atoms with Gasteiger partial charge < -0.3 is 10.2 Å². The summed E-state index contributed by atoms with van der Waals surface area (Å²) in [6.45, 7) is 1.95. The lowest BCUT2D eigenvalue weighted by atomic mass is 10.1. The number of rotatable bonds is 7. The van der Waals surface area contributed by atoms with E-state index >= 15 is 0 Å². The Kier molecular flexibility index (Phi) is 6.97. The number of carboxylic acids is 2. The number of hydrogen-bond donors (Lipinski definition) is 2. The van der Waals surface area contributed by atoms with E-state index in [1.165, 1.54) is 0 Å². The zero-order valence-electron chi connectivity index (χ0n) is 8.82. The van der Waals surface area contributed by atoms with E-state index < -0.39 is 11.9 Å². The average Bonchev–Trinajstić information content (AvgIpc) is 2.15. The summed E-state index contributed by atoms with van der Waals surface area (Å²) in [4.78, 5) is 20.7. The number of allylic oxidation sites excluding steroid dienone is 2. The van der Waals surface area contributed by atoms with E-state index in [1.54, 1.807) is 0 Å². The Hall–Kier alpha value is -0.890. The quantitative estimate of drug-likeness (QED) is 0.660. The van der Waals surface area contributed by atoms with Gasteiger partial charge in [0.1, 0.15) is 0 Å². The maximum atomic E-state index is 10.4. The van der Waals surface area contributed by atoms with Gasteiger partial charge in [0.25, 0.3) is 0 Å². The van der Waals surface area contributed by atoms with Crippen LogP contribution in [0.4, 0.5) is 0 Å².